The molecule has 0 radical (unpaired) electrons. The molecule has 0 aliphatic carbocycles. The minimum Gasteiger partial charge on any atom is -0.493 e. The number of para-hydroxylation sites is 1. The third-order valence-corrected chi connectivity index (χ3v) is 4.02. The van der Waals surface area contributed by atoms with Crippen molar-refractivity contribution in [3.63, 3.8) is 0 Å². The Morgan fingerprint density at radius 2 is 2.18 bits per heavy atom. The highest BCUT2D eigenvalue weighted by Crippen LogP contribution is 2.17. The smallest absolute Gasteiger partial charge is 0.220 e. The minimum atomic E-state index is -0.640. The van der Waals surface area contributed by atoms with Gasteiger partial charge in [0, 0.05) is 13.0 Å². The number of thiophene rings is 1. The van der Waals surface area contributed by atoms with Crippen LogP contribution in [0.3, 0.4) is 0 Å². The van der Waals surface area contributed by atoms with Crippen LogP contribution in [0.15, 0.2) is 41.1 Å². The van der Waals surface area contributed by atoms with E-state index in [-0.39, 0.29) is 12.5 Å². The average molecular weight is 319 g/mol. The van der Waals surface area contributed by atoms with Crippen molar-refractivity contribution in [1.29, 1.82) is 0 Å². The molecule has 0 aliphatic rings. The van der Waals surface area contributed by atoms with Crippen LogP contribution in [0.25, 0.3) is 0 Å². The molecule has 1 amide bonds. The van der Waals surface area contributed by atoms with Gasteiger partial charge in [-0.05, 0) is 47.4 Å². The number of hydrogen-bond acceptors (Lipinski definition) is 4. The van der Waals surface area contributed by atoms with Gasteiger partial charge in [0.1, 0.15) is 5.75 Å². The molecule has 1 aromatic heterocycles. The van der Waals surface area contributed by atoms with Crippen molar-refractivity contribution in [3.05, 3.63) is 52.2 Å². The van der Waals surface area contributed by atoms with Crippen molar-refractivity contribution in [1.82, 2.24) is 5.32 Å². The molecular weight excluding hydrogens is 298 g/mol. The summed E-state index contributed by atoms with van der Waals surface area (Å²) in [4.78, 5) is 11.7. The first-order valence-corrected chi connectivity index (χ1v) is 8.26. The first kappa shape index (κ1) is 16.5. The van der Waals surface area contributed by atoms with Crippen LogP contribution >= 0.6 is 11.3 Å². The SMILES string of the molecule is Cc1ccccc1OCCCC(=O)NCC(O)c1ccsc1. The highest BCUT2D eigenvalue weighted by Gasteiger charge is 2.09. The van der Waals surface area contributed by atoms with E-state index in [0.717, 1.165) is 16.9 Å². The van der Waals surface area contributed by atoms with Gasteiger partial charge in [0.2, 0.25) is 5.91 Å². The van der Waals surface area contributed by atoms with Gasteiger partial charge in [0.15, 0.2) is 0 Å². The zero-order valence-corrected chi connectivity index (χ0v) is 13.4. The second-order valence-electron chi connectivity index (χ2n) is 5.09. The number of nitrogens with one attached hydrogen (secondary N) is 1. The fraction of sp³-hybridized carbons (Fsp3) is 0.353. The highest BCUT2D eigenvalue weighted by atomic mass is 32.1. The predicted octanol–water partition coefficient (Wildman–Crippen LogP) is 3.07. The Balaban J connectivity index is 1.61. The zero-order chi connectivity index (χ0) is 15.8. The molecule has 0 saturated heterocycles. The van der Waals surface area contributed by atoms with Crippen molar-refractivity contribution in [3.8, 4) is 5.75 Å². The number of aryl methyl sites for hydroxylation is 1. The summed E-state index contributed by atoms with van der Waals surface area (Å²) in [5.41, 5.74) is 1.93. The van der Waals surface area contributed by atoms with E-state index in [0.29, 0.717) is 19.4 Å². The Morgan fingerprint density at radius 3 is 2.91 bits per heavy atom. The third-order valence-electron chi connectivity index (χ3n) is 3.32. The molecule has 0 bridgehead atoms. The van der Waals surface area contributed by atoms with E-state index in [4.69, 9.17) is 4.74 Å². The number of aliphatic hydroxyl groups excluding tert-OH is 1. The molecule has 0 saturated carbocycles. The third kappa shape index (κ3) is 5.16. The van der Waals surface area contributed by atoms with Crippen molar-refractivity contribution in [2.24, 2.45) is 0 Å². The molecule has 2 N–H and O–H groups in total. The molecule has 1 unspecified atom stereocenters. The van der Waals surface area contributed by atoms with Crippen LogP contribution in [-0.2, 0) is 4.79 Å². The van der Waals surface area contributed by atoms with Gasteiger partial charge in [-0.1, -0.05) is 18.2 Å². The molecule has 22 heavy (non-hydrogen) atoms. The average Bonchev–Trinajstić information content (AvgIpc) is 3.05. The fourth-order valence-electron chi connectivity index (χ4n) is 2.01. The maximum absolute atomic E-state index is 11.7. The molecule has 1 aromatic carbocycles. The first-order chi connectivity index (χ1) is 10.7. The number of amides is 1. The fourth-order valence-corrected chi connectivity index (χ4v) is 2.72. The number of hydrogen-bond donors (Lipinski definition) is 2. The van der Waals surface area contributed by atoms with Crippen molar-refractivity contribution < 1.29 is 14.6 Å². The van der Waals surface area contributed by atoms with Crippen LogP contribution in [0.1, 0.15) is 30.1 Å². The van der Waals surface area contributed by atoms with Gasteiger partial charge < -0.3 is 15.2 Å². The van der Waals surface area contributed by atoms with E-state index < -0.39 is 6.10 Å². The second kappa shape index (κ2) is 8.56. The largest absolute Gasteiger partial charge is 0.493 e. The zero-order valence-electron chi connectivity index (χ0n) is 12.6. The Morgan fingerprint density at radius 1 is 1.36 bits per heavy atom. The van der Waals surface area contributed by atoms with Gasteiger partial charge in [-0.2, -0.15) is 11.3 Å². The van der Waals surface area contributed by atoms with Gasteiger partial charge in [-0.25, -0.2) is 0 Å². The number of ether oxygens (including phenoxy) is 1. The number of aliphatic hydroxyl groups is 1. The summed E-state index contributed by atoms with van der Waals surface area (Å²) in [6.07, 6.45) is 0.398. The van der Waals surface area contributed by atoms with E-state index in [1.54, 1.807) is 0 Å². The van der Waals surface area contributed by atoms with Gasteiger partial charge in [0.25, 0.3) is 0 Å². The lowest BCUT2D eigenvalue weighted by Crippen LogP contribution is -2.28. The monoisotopic (exact) mass is 319 g/mol. The molecule has 0 fully saturated rings. The number of benzene rings is 1. The Labute approximate surface area is 134 Å². The minimum absolute atomic E-state index is 0.0670. The Bertz CT molecular complexity index is 583. The van der Waals surface area contributed by atoms with Gasteiger partial charge in [0.05, 0.1) is 12.7 Å². The summed E-state index contributed by atoms with van der Waals surface area (Å²) in [5, 5.41) is 16.4. The number of carbonyl (C=O) groups excluding carboxylic acids is 1. The van der Waals surface area contributed by atoms with Crippen LogP contribution in [0.4, 0.5) is 0 Å². The molecule has 1 atom stereocenters. The molecule has 1 heterocycles. The first-order valence-electron chi connectivity index (χ1n) is 7.32. The van der Waals surface area contributed by atoms with Crippen molar-refractivity contribution >= 4 is 17.2 Å². The van der Waals surface area contributed by atoms with Crippen LogP contribution in [0, 0.1) is 6.92 Å². The lowest BCUT2D eigenvalue weighted by molar-refractivity contribution is -0.121. The molecule has 0 aliphatic heterocycles. The van der Waals surface area contributed by atoms with Gasteiger partial charge in [-0.15, -0.1) is 0 Å². The molecule has 2 aromatic rings. The van der Waals surface area contributed by atoms with Crippen molar-refractivity contribution in [2.45, 2.75) is 25.9 Å². The molecule has 4 nitrogen and oxygen atoms in total. The lowest BCUT2D eigenvalue weighted by atomic mass is 10.2. The van der Waals surface area contributed by atoms with E-state index in [9.17, 15) is 9.90 Å². The summed E-state index contributed by atoms with van der Waals surface area (Å²) < 4.78 is 5.64. The van der Waals surface area contributed by atoms with Crippen molar-refractivity contribution in [2.75, 3.05) is 13.2 Å². The second-order valence-corrected chi connectivity index (χ2v) is 5.87. The molecule has 118 valence electrons. The molecule has 0 spiro atoms. The maximum atomic E-state index is 11.7. The van der Waals surface area contributed by atoms with Gasteiger partial charge in [-0.3, -0.25) is 4.79 Å². The molecular formula is C17H21NO3S. The Kier molecular flexibility index (Phi) is 6.43. The van der Waals surface area contributed by atoms with Crippen LogP contribution in [0.2, 0.25) is 0 Å². The van der Waals surface area contributed by atoms with Crippen LogP contribution in [-0.4, -0.2) is 24.2 Å². The van der Waals surface area contributed by atoms with E-state index >= 15 is 0 Å². The van der Waals surface area contributed by atoms with E-state index in [2.05, 4.69) is 5.32 Å². The molecule has 5 heteroatoms. The highest BCUT2D eigenvalue weighted by molar-refractivity contribution is 7.07. The number of rotatable bonds is 8. The summed E-state index contributed by atoms with van der Waals surface area (Å²) in [6.45, 7) is 2.74. The molecule has 2 rings (SSSR count). The van der Waals surface area contributed by atoms with Crippen LogP contribution in [0.5, 0.6) is 5.75 Å². The van der Waals surface area contributed by atoms with Gasteiger partial charge >= 0.3 is 0 Å². The number of carbonyl (C=O) groups is 1. The summed E-state index contributed by atoms with van der Waals surface area (Å²) in [6, 6.07) is 9.67. The lowest BCUT2D eigenvalue weighted by Gasteiger charge is -2.11. The standard InChI is InChI=1S/C17H21NO3S/c1-13-5-2-3-6-16(13)21-9-4-7-17(20)18-11-15(19)14-8-10-22-12-14/h2-3,5-6,8,10,12,15,19H,4,7,9,11H2,1H3,(H,18,20). The topological polar surface area (TPSA) is 58.6 Å². The summed E-state index contributed by atoms with van der Waals surface area (Å²) in [7, 11) is 0. The quantitative estimate of drug-likeness (QED) is 0.735. The summed E-state index contributed by atoms with van der Waals surface area (Å²) in [5.74, 6) is 0.790. The van der Waals surface area contributed by atoms with Crippen LogP contribution < -0.4 is 10.1 Å². The Hall–Kier alpha value is -1.85. The summed E-state index contributed by atoms with van der Waals surface area (Å²) >= 11 is 1.53. The maximum Gasteiger partial charge on any atom is 0.220 e. The van der Waals surface area contributed by atoms with E-state index in [1.807, 2.05) is 48.0 Å². The predicted molar refractivity (Wildman–Crippen MR) is 88.2 cm³/mol. The normalized spacial score (nSPS) is 11.9. The van der Waals surface area contributed by atoms with E-state index in [1.165, 1.54) is 11.3 Å².